The second kappa shape index (κ2) is 9.34. The second-order valence-electron chi connectivity index (χ2n) is 10.4. The van der Waals surface area contributed by atoms with E-state index in [2.05, 4.69) is 110 Å². The summed E-state index contributed by atoms with van der Waals surface area (Å²) in [6.07, 6.45) is 5.23. The lowest BCUT2D eigenvalue weighted by molar-refractivity contribution is -0.141. The average Bonchev–Trinajstić information content (AvgIpc) is 3.30. The fourth-order valence-corrected chi connectivity index (χ4v) is 7.54. The predicted octanol–water partition coefficient (Wildman–Crippen LogP) is 6.74. The molecule has 2 heterocycles. The maximum atomic E-state index is 13.9. The molecular weight excluding hydrogens is 557 g/mol. The number of nitrogens with zero attached hydrogens (tertiary/aromatic N) is 2. The molecule has 184 valence electrons. The van der Waals surface area contributed by atoms with Crippen LogP contribution in [0.1, 0.15) is 48.1 Å². The lowest BCUT2D eigenvalue weighted by Gasteiger charge is -2.54. The summed E-state index contributed by atoms with van der Waals surface area (Å²) < 4.78 is 2.37. The van der Waals surface area contributed by atoms with E-state index in [-0.39, 0.29) is 17.0 Å². The lowest BCUT2D eigenvalue weighted by Crippen LogP contribution is -2.58. The van der Waals surface area contributed by atoms with Crippen molar-refractivity contribution in [2.75, 3.05) is 13.6 Å². The lowest BCUT2D eigenvalue weighted by atomic mass is 9.65. The molecule has 0 bridgehead atoms. The SMILES string of the molecule is CN(I)[C@]1(c2ccccc2)CC[C@]2(CC1)c1[nH]c3ccccc3c1CCN2C(=O)Cc1ccccc1. The van der Waals surface area contributed by atoms with Crippen LogP contribution in [-0.2, 0) is 28.7 Å². The van der Waals surface area contributed by atoms with Crippen LogP contribution in [0.3, 0.4) is 0 Å². The summed E-state index contributed by atoms with van der Waals surface area (Å²) in [6.45, 7) is 0.777. The first-order valence-electron chi connectivity index (χ1n) is 12.9. The van der Waals surface area contributed by atoms with Crippen LogP contribution in [0.25, 0.3) is 10.9 Å². The Kier molecular flexibility index (Phi) is 6.16. The molecule has 5 heteroatoms. The van der Waals surface area contributed by atoms with Crippen molar-refractivity contribution >= 4 is 39.7 Å². The molecule has 1 spiro atoms. The number of para-hydroxylation sites is 1. The monoisotopic (exact) mass is 589 g/mol. The first kappa shape index (κ1) is 23.7. The highest BCUT2D eigenvalue weighted by Gasteiger charge is 2.53. The molecule has 4 nitrogen and oxygen atoms in total. The van der Waals surface area contributed by atoms with Crippen LogP contribution in [0.2, 0.25) is 0 Å². The second-order valence-corrected chi connectivity index (χ2v) is 11.8. The molecule has 0 unspecified atom stereocenters. The molecule has 0 radical (unpaired) electrons. The molecule has 1 N–H and O–H groups in total. The maximum Gasteiger partial charge on any atom is 0.227 e. The summed E-state index contributed by atoms with van der Waals surface area (Å²) in [5, 5.41) is 1.31. The van der Waals surface area contributed by atoms with E-state index in [1.165, 1.54) is 27.7 Å². The van der Waals surface area contributed by atoms with E-state index in [1.54, 1.807) is 0 Å². The van der Waals surface area contributed by atoms with Crippen molar-refractivity contribution < 1.29 is 4.79 Å². The highest BCUT2D eigenvalue weighted by molar-refractivity contribution is 14.1. The summed E-state index contributed by atoms with van der Waals surface area (Å²) in [5.74, 6) is 0.237. The standard InChI is InChI=1S/C31H32IN3O/c1-34(32)30(24-12-6-3-7-13-24)17-19-31(20-18-30)29-26(25-14-8-9-15-27(25)33-29)16-21-35(31)28(36)22-23-10-4-2-5-11-23/h2-15,33H,16-22H2,1H3/t30-,31+. The number of aromatic amines is 1. The van der Waals surface area contributed by atoms with Crippen LogP contribution in [0.5, 0.6) is 0 Å². The highest BCUT2D eigenvalue weighted by Crippen LogP contribution is 2.54. The fraction of sp³-hybridized carbons (Fsp3) is 0.323. The van der Waals surface area contributed by atoms with Crippen LogP contribution in [0.4, 0.5) is 0 Å². The largest absolute Gasteiger partial charge is 0.356 e. The number of fused-ring (bicyclic) bond motifs is 4. The van der Waals surface area contributed by atoms with Crippen LogP contribution in [0.15, 0.2) is 84.9 Å². The molecule has 1 saturated carbocycles. The van der Waals surface area contributed by atoms with Crippen molar-refractivity contribution in [2.45, 2.75) is 49.6 Å². The molecule has 0 atom stereocenters. The first-order valence-corrected chi connectivity index (χ1v) is 13.9. The fourth-order valence-electron chi connectivity index (χ4n) is 6.78. The van der Waals surface area contributed by atoms with Gasteiger partial charge in [-0.1, -0.05) is 78.9 Å². The minimum Gasteiger partial charge on any atom is -0.356 e. The third kappa shape index (κ3) is 3.79. The number of hydrogen-bond acceptors (Lipinski definition) is 2. The Labute approximate surface area is 227 Å². The van der Waals surface area contributed by atoms with Gasteiger partial charge in [-0.25, -0.2) is 3.11 Å². The topological polar surface area (TPSA) is 39.3 Å². The van der Waals surface area contributed by atoms with Gasteiger partial charge in [-0.2, -0.15) is 0 Å². The average molecular weight is 590 g/mol. The summed E-state index contributed by atoms with van der Waals surface area (Å²) in [6, 6.07) is 29.7. The summed E-state index contributed by atoms with van der Waals surface area (Å²) >= 11 is 2.47. The Morgan fingerprint density at radius 3 is 2.25 bits per heavy atom. The van der Waals surface area contributed by atoms with Crippen molar-refractivity contribution in [3.63, 3.8) is 0 Å². The minimum absolute atomic E-state index is 0.0369. The molecule has 1 amide bonds. The Balaban J connectivity index is 1.42. The molecule has 2 aliphatic rings. The Hall–Kier alpha value is -2.64. The van der Waals surface area contributed by atoms with E-state index in [0.717, 1.165) is 44.2 Å². The van der Waals surface area contributed by atoms with Crippen molar-refractivity contribution in [3.8, 4) is 0 Å². The number of carbonyl (C=O) groups is 1. The van der Waals surface area contributed by atoms with E-state index in [4.69, 9.17) is 0 Å². The van der Waals surface area contributed by atoms with Gasteiger partial charge in [0.05, 0.1) is 17.5 Å². The summed E-state index contributed by atoms with van der Waals surface area (Å²) in [7, 11) is 2.19. The summed E-state index contributed by atoms with van der Waals surface area (Å²) in [5.41, 5.74) is 5.98. The Bertz CT molecular complexity index is 1370. The van der Waals surface area contributed by atoms with Crippen molar-refractivity contribution in [1.29, 1.82) is 0 Å². The molecule has 4 aromatic rings. The van der Waals surface area contributed by atoms with Crippen LogP contribution in [-0.4, -0.2) is 32.5 Å². The number of halogens is 1. The third-order valence-electron chi connectivity index (χ3n) is 8.69. The van der Waals surface area contributed by atoms with Gasteiger partial charge in [0, 0.05) is 46.0 Å². The number of amides is 1. The van der Waals surface area contributed by atoms with Gasteiger partial charge < -0.3 is 9.88 Å². The normalized spacial score (nSPS) is 23.8. The van der Waals surface area contributed by atoms with E-state index in [1.807, 2.05) is 18.2 Å². The Morgan fingerprint density at radius 2 is 1.56 bits per heavy atom. The minimum atomic E-state index is -0.302. The van der Waals surface area contributed by atoms with Crippen LogP contribution in [0, 0.1) is 0 Å². The molecule has 1 aromatic heterocycles. The summed E-state index contributed by atoms with van der Waals surface area (Å²) in [4.78, 5) is 20.0. The van der Waals surface area contributed by atoms with Gasteiger partial charge in [-0.15, -0.1) is 0 Å². The molecule has 6 rings (SSSR count). The quantitative estimate of drug-likeness (QED) is 0.212. The van der Waals surface area contributed by atoms with Gasteiger partial charge in [0.25, 0.3) is 0 Å². The number of nitrogens with one attached hydrogen (secondary N) is 1. The van der Waals surface area contributed by atoms with Crippen molar-refractivity contribution in [3.05, 3.63) is 107 Å². The number of carbonyl (C=O) groups excluding carboxylic acids is 1. The number of benzene rings is 3. The van der Waals surface area contributed by atoms with Gasteiger partial charge in [-0.05, 0) is 61.9 Å². The number of aromatic nitrogens is 1. The van der Waals surface area contributed by atoms with Crippen LogP contribution < -0.4 is 0 Å². The Morgan fingerprint density at radius 1 is 0.917 bits per heavy atom. The predicted molar refractivity (Wildman–Crippen MR) is 154 cm³/mol. The molecule has 1 aliphatic carbocycles. The number of rotatable bonds is 4. The number of hydrogen-bond donors (Lipinski definition) is 1. The third-order valence-corrected chi connectivity index (χ3v) is 9.61. The van der Waals surface area contributed by atoms with E-state index >= 15 is 0 Å². The first-order chi connectivity index (χ1) is 17.5. The smallest absolute Gasteiger partial charge is 0.227 e. The molecule has 0 saturated heterocycles. The van der Waals surface area contributed by atoms with Gasteiger partial charge in [0.2, 0.25) is 5.91 Å². The molecular formula is C31H32IN3O. The van der Waals surface area contributed by atoms with Crippen molar-refractivity contribution in [1.82, 2.24) is 13.0 Å². The van der Waals surface area contributed by atoms with Crippen molar-refractivity contribution in [2.24, 2.45) is 0 Å². The van der Waals surface area contributed by atoms with Gasteiger partial charge in [0.15, 0.2) is 0 Å². The zero-order valence-electron chi connectivity index (χ0n) is 20.7. The zero-order valence-corrected chi connectivity index (χ0v) is 22.9. The molecule has 1 fully saturated rings. The molecule has 3 aromatic carbocycles. The number of H-pyrrole nitrogens is 1. The molecule has 36 heavy (non-hydrogen) atoms. The van der Waals surface area contributed by atoms with Gasteiger partial charge in [-0.3, -0.25) is 4.79 Å². The van der Waals surface area contributed by atoms with E-state index in [9.17, 15) is 4.79 Å². The van der Waals surface area contributed by atoms with E-state index < -0.39 is 0 Å². The van der Waals surface area contributed by atoms with Crippen LogP contribution >= 0.6 is 22.9 Å². The maximum absolute atomic E-state index is 13.9. The van der Waals surface area contributed by atoms with Gasteiger partial charge >= 0.3 is 0 Å². The van der Waals surface area contributed by atoms with Gasteiger partial charge in [0.1, 0.15) is 0 Å². The van der Waals surface area contributed by atoms with E-state index in [0.29, 0.717) is 6.42 Å². The molecule has 1 aliphatic heterocycles. The zero-order chi connectivity index (χ0) is 24.8. The highest BCUT2D eigenvalue weighted by atomic mass is 127.